The van der Waals surface area contributed by atoms with Gasteiger partial charge in [0.15, 0.2) is 0 Å². The van der Waals surface area contributed by atoms with Crippen molar-refractivity contribution < 1.29 is 19.4 Å². The zero-order valence-electron chi connectivity index (χ0n) is 13.2. The number of carbonyl (C=O) groups is 2. The number of carboxylic acids is 1. The molecule has 2 atom stereocenters. The van der Waals surface area contributed by atoms with Gasteiger partial charge in [0.25, 0.3) is 0 Å². The molecule has 0 aromatic heterocycles. The van der Waals surface area contributed by atoms with Crippen LogP contribution in [0.15, 0.2) is 0 Å². The quantitative estimate of drug-likeness (QED) is 0.777. The van der Waals surface area contributed by atoms with Crippen LogP contribution in [0.25, 0.3) is 0 Å². The van der Waals surface area contributed by atoms with Crippen LogP contribution in [0.3, 0.4) is 0 Å². The third kappa shape index (κ3) is 4.78. The number of rotatable bonds is 7. The normalized spacial score (nSPS) is 21.9. The summed E-state index contributed by atoms with van der Waals surface area (Å²) in [5.74, 6) is -0.146. The third-order valence-electron chi connectivity index (χ3n) is 3.37. The summed E-state index contributed by atoms with van der Waals surface area (Å²) < 4.78 is 5.06. The number of ether oxygens (including phenoxy) is 1. The smallest absolute Gasteiger partial charge is 0.327 e. The van der Waals surface area contributed by atoms with Gasteiger partial charge in [-0.05, 0) is 12.3 Å². The van der Waals surface area contributed by atoms with Gasteiger partial charge in [0.05, 0.1) is 12.0 Å². The number of amides is 2. The van der Waals surface area contributed by atoms with E-state index < -0.39 is 12.0 Å². The molecule has 7 heteroatoms. The molecule has 1 heterocycles. The Morgan fingerprint density at radius 3 is 2.62 bits per heavy atom. The van der Waals surface area contributed by atoms with Gasteiger partial charge in [-0.15, -0.1) is 11.8 Å². The van der Waals surface area contributed by atoms with Crippen molar-refractivity contribution in [3.05, 3.63) is 0 Å². The van der Waals surface area contributed by atoms with Gasteiger partial charge in [-0.25, -0.2) is 9.59 Å². The van der Waals surface area contributed by atoms with E-state index in [0.717, 1.165) is 6.42 Å². The Hall–Kier alpha value is -0.950. The molecule has 0 spiro atoms. The maximum atomic E-state index is 12.8. The highest BCUT2D eigenvalue weighted by molar-refractivity contribution is 8.00. The van der Waals surface area contributed by atoms with E-state index in [2.05, 4.69) is 0 Å². The fourth-order valence-electron chi connectivity index (χ4n) is 2.40. The van der Waals surface area contributed by atoms with E-state index in [1.165, 1.54) is 4.90 Å². The largest absolute Gasteiger partial charge is 0.480 e. The van der Waals surface area contributed by atoms with Gasteiger partial charge >= 0.3 is 12.0 Å². The molecule has 1 aliphatic rings. The molecule has 0 aromatic carbocycles. The van der Waals surface area contributed by atoms with Crippen LogP contribution in [0.2, 0.25) is 0 Å². The minimum atomic E-state index is -0.928. The molecule has 1 aliphatic heterocycles. The molecule has 1 saturated heterocycles. The van der Waals surface area contributed by atoms with Crippen LogP contribution < -0.4 is 0 Å². The van der Waals surface area contributed by atoms with Crippen LogP contribution in [0, 0.1) is 5.92 Å². The minimum Gasteiger partial charge on any atom is -0.480 e. The highest BCUT2D eigenvalue weighted by atomic mass is 32.2. The summed E-state index contributed by atoms with van der Waals surface area (Å²) in [5.41, 5.74) is 0. The first-order chi connectivity index (χ1) is 9.92. The lowest BCUT2D eigenvalue weighted by Crippen LogP contribution is -2.52. The van der Waals surface area contributed by atoms with Crippen LogP contribution in [0.4, 0.5) is 4.79 Å². The predicted octanol–water partition coefficient (Wildman–Crippen LogP) is 1.95. The minimum absolute atomic E-state index is 0.0594. The lowest BCUT2D eigenvalue weighted by molar-refractivity contribution is -0.141. The predicted molar refractivity (Wildman–Crippen MR) is 83.5 cm³/mol. The molecular weight excluding hydrogens is 292 g/mol. The first-order valence-corrected chi connectivity index (χ1v) is 8.37. The molecule has 0 aliphatic carbocycles. The van der Waals surface area contributed by atoms with Gasteiger partial charge in [0.1, 0.15) is 6.04 Å². The number of carboxylic acid groups (broad SMARTS) is 1. The maximum absolute atomic E-state index is 12.8. The zero-order chi connectivity index (χ0) is 16.0. The molecule has 0 bridgehead atoms. The first kappa shape index (κ1) is 18.1. The Morgan fingerprint density at radius 1 is 1.48 bits per heavy atom. The molecule has 1 fully saturated rings. The summed E-state index contributed by atoms with van der Waals surface area (Å²) in [7, 11) is 1.60. The van der Waals surface area contributed by atoms with Gasteiger partial charge in [-0.1, -0.05) is 20.8 Å². The monoisotopic (exact) mass is 318 g/mol. The second-order valence-electron chi connectivity index (χ2n) is 5.57. The van der Waals surface area contributed by atoms with Crippen molar-refractivity contribution in [3.63, 3.8) is 0 Å². The number of nitrogens with zero attached hydrogens (tertiary/aromatic N) is 2. The highest BCUT2D eigenvalue weighted by Crippen LogP contribution is 2.32. The van der Waals surface area contributed by atoms with Crippen molar-refractivity contribution in [2.24, 2.45) is 5.92 Å². The summed E-state index contributed by atoms with van der Waals surface area (Å²) in [6, 6.07) is -0.922. The standard InChI is InChI=1S/C14H26N2O4S/c1-5-12-16(11(9-21-12)13(17)18)14(19)15(6-7-20-4)8-10(2)3/h10-12H,5-9H2,1-4H3,(H,17,18). The number of urea groups is 1. The van der Waals surface area contributed by atoms with Crippen molar-refractivity contribution in [2.45, 2.75) is 38.6 Å². The molecule has 6 nitrogen and oxygen atoms in total. The van der Waals surface area contributed by atoms with E-state index in [1.54, 1.807) is 23.8 Å². The number of carbonyl (C=O) groups excluding carboxylic acids is 1. The van der Waals surface area contributed by atoms with Gasteiger partial charge in [-0.3, -0.25) is 4.90 Å². The molecular formula is C14H26N2O4S. The van der Waals surface area contributed by atoms with E-state index in [-0.39, 0.29) is 11.4 Å². The zero-order valence-corrected chi connectivity index (χ0v) is 14.1. The molecule has 0 saturated carbocycles. The van der Waals surface area contributed by atoms with Crippen LogP contribution in [0.1, 0.15) is 27.2 Å². The second-order valence-corrected chi connectivity index (χ2v) is 6.78. The van der Waals surface area contributed by atoms with E-state index in [9.17, 15) is 14.7 Å². The van der Waals surface area contributed by atoms with Crippen molar-refractivity contribution in [1.82, 2.24) is 9.80 Å². The van der Waals surface area contributed by atoms with Crippen LogP contribution in [-0.2, 0) is 9.53 Å². The number of methoxy groups -OCH3 is 1. The molecule has 1 rings (SSSR count). The van der Waals surface area contributed by atoms with Gasteiger partial charge in [-0.2, -0.15) is 0 Å². The van der Waals surface area contributed by atoms with Crippen LogP contribution in [0.5, 0.6) is 0 Å². The van der Waals surface area contributed by atoms with Crippen molar-refractivity contribution >= 4 is 23.8 Å². The molecule has 1 N–H and O–H groups in total. The number of hydrogen-bond acceptors (Lipinski definition) is 4. The fourth-order valence-corrected chi connectivity index (χ4v) is 3.74. The summed E-state index contributed by atoms with van der Waals surface area (Å²) in [6.45, 7) is 7.59. The SMILES string of the molecule is CCC1SCC(C(=O)O)N1C(=O)N(CCOC)CC(C)C. The molecule has 21 heavy (non-hydrogen) atoms. The molecule has 2 unspecified atom stereocenters. The average Bonchev–Trinajstić information content (AvgIpc) is 2.86. The van der Waals surface area contributed by atoms with E-state index in [4.69, 9.17) is 4.74 Å². The number of aliphatic carboxylic acids is 1. The molecule has 0 radical (unpaired) electrons. The molecule has 2 amide bonds. The van der Waals surface area contributed by atoms with E-state index in [0.29, 0.717) is 31.4 Å². The Bertz CT molecular complexity index is 365. The summed E-state index contributed by atoms with van der Waals surface area (Å²) in [6.07, 6.45) is 0.750. The third-order valence-corrected chi connectivity index (χ3v) is 4.82. The van der Waals surface area contributed by atoms with Crippen LogP contribution >= 0.6 is 11.8 Å². The highest BCUT2D eigenvalue weighted by Gasteiger charge is 2.42. The van der Waals surface area contributed by atoms with Gasteiger partial charge in [0.2, 0.25) is 0 Å². The summed E-state index contributed by atoms with van der Waals surface area (Å²) >= 11 is 1.54. The van der Waals surface area contributed by atoms with Crippen molar-refractivity contribution in [2.75, 3.05) is 32.6 Å². The van der Waals surface area contributed by atoms with Crippen LogP contribution in [-0.4, -0.2) is 70.9 Å². The summed E-state index contributed by atoms with van der Waals surface area (Å²) in [4.78, 5) is 27.4. The number of hydrogen-bond donors (Lipinski definition) is 1. The average molecular weight is 318 g/mol. The summed E-state index contributed by atoms with van der Waals surface area (Å²) in [5, 5.41) is 9.28. The maximum Gasteiger partial charge on any atom is 0.327 e. The fraction of sp³-hybridized carbons (Fsp3) is 0.857. The lowest BCUT2D eigenvalue weighted by atomic mass is 10.2. The Morgan fingerprint density at radius 2 is 2.14 bits per heavy atom. The van der Waals surface area contributed by atoms with E-state index in [1.807, 2.05) is 20.8 Å². The lowest BCUT2D eigenvalue weighted by Gasteiger charge is -2.34. The van der Waals surface area contributed by atoms with Crippen molar-refractivity contribution in [1.29, 1.82) is 0 Å². The van der Waals surface area contributed by atoms with E-state index >= 15 is 0 Å². The van der Waals surface area contributed by atoms with Crippen molar-refractivity contribution in [3.8, 4) is 0 Å². The molecule has 0 aromatic rings. The number of thioether (sulfide) groups is 1. The van der Waals surface area contributed by atoms with Gasteiger partial charge in [0, 0.05) is 26.0 Å². The Labute approximate surface area is 130 Å². The topological polar surface area (TPSA) is 70.1 Å². The second kappa shape index (κ2) is 8.48. The Kier molecular flexibility index (Phi) is 7.31. The van der Waals surface area contributed by atoms with Gasteiger partial charge < -0.3 is 14.7 Å². The molecule has 122 valence electrons. The Balaban J connectivity index is 2.88. The first-order valence-electron chi connectivity index (χ1n) is 7.32.